The summed E-state index contributed by atoms with van der Waals surface area (Å²) in [4.78, 5) is 5.60. The minimum Gasteiger partial charge on any atom is -0.329 e. The molecule has 2 nitrogen and oxygen atoms in total. The Balaban J connectivity index is 2.49. The number of hydrogen-bond donors (Lipinski definition) is 0. The van der Waals surface area contributed by atoms with E-state index in [0.717, 1.165) is 0 Å². The summed E-state index contributed by atoms with van der Waals surface area (Å²) in [5, 5.41) is 2.17. The summed E-state index contributed by atoms with van der Waals surface area (Å²) in [7, 11) is 0. The lowest BCUT2D eigenvalue weighted by atomic mass is 9.84. The molecule has 86 valence electrons. The number of imidazole rings is 1. The fourth-order valence-electron chi connectivity index (χ4n) is 2.06. The van der Waals surface area contributed by atoms with Crippen molar-refractivity contribution in [3.63, 3.8) is 0 Å². The fourth-order valence-corrected chi connectivity index (χ4v) is 3.34. The average Bonchev–Trinajstić information content (AvgIpc) is 2.77. The van der Waals surface area contributed by atoms with Crippen LogP contribution in [-0.4, -0.2) is 9.55 Å². The van der Waals surface area contributed by atoms with Crippen LogP contribution in [-0.2, 0) is 0 Å². The molecule has 0 radical (unpaired) electrons. The topological polar surface area (TPSA) is 17.8 Å². The molecular formula is C13H18N2S. The predicted octanol–water partition coefficient (Wildman–Crippen LogP) is 3.89. The SMILES string of the molecule is Cc1ccsc1C(n1ccnc1)C(C)(C)C. The van der Waals surface area contributed by atoms with Crippen LogP contribution >= 0.6 is 11.3 Å². The second-order valence-electron chi connectivity index (χ2n) is 5.25. The summed E-state index contributed by atoms with van der Waals surface area (Å²) in [5.74, 6) is 0. The average molecular weight is 234 g/mol. The number of aromatic nitrogens is 2. The van der Waals surface area contributed by atoms with Crippen LogP contribution in [0, 0.1) is 12.3 Å². The molecule has 2 heterocycles. The second kappa shape index (κ2) is 4.06. The van der Waals surface area contributed by atoms with Gasteiger partial charge in [-0.1, -0.05) is 20.8 Å². The maximum atomic E-state index is 4.16. The van der Waals surface area contributed by atoms with Crippen molar-refractivity contribution in [1.82, 2.24) is 9.55 Å². The third-order valence-corrected chi connectivity index (χ3v) is 3.86. The Kier molecular flexibility index (Phi) is 2.89. The molecule has 0 saturated carbocycles. The van der Waals surface area contributed by atoms with Gasteiger partial charge in [0.25, 0.3) is 0 Å². The first-order valence-corrected chi connectivity index (χ1v) is 6.39. The lowest BCUT2D eigenvalue weighted by Crippen LogP contribution is -2.24. The number of aryl methyl sites for hydroxylation is 1. The molecule has 1 unspecified atom stereocenters. The van der Waals surface area contributed by atoms with Gasteiger partial charge >= 0.3 is 0 Å². The molecule has 0 saturated heterocycles. The molecule has 0 bridgehead atoms. The van der Waals surface area contributed by atoms with Gasteiger partial charge in [0, 0.05) is 17.3 Å². The lowest BCUT2D eigenvalue weighted by Gasteiger charge is -2.31. The molecule has 2 rings (SSSR count). The summed E-state index contributed by atoms with van der Waals surface area (Å²) in [6.45, 7) is 9.01. The van der Waals surface area contributed by atoms with E-state index in [4.69, 9.17) is 0 Å². The summed E-state index contributed by atoms with van der Waals surface area (Å²) in [6, 6.07) is 2.56. The van der Waals surface area contributed by atoms with Gasteiger partial charge in [-0.2, -0.15) is 0 Å². The van der Waals surface area contributed by atoms with Crippen molar-refractivity contribution in [2.24, 2.45) is 5.41 Å². The van der Waals surface area contributed by atoms with E-state index in [9.17, 15) is 0 Å². The molecule has 16 heavy (non-hydrogen) atoms. The Hall–Kier alpha value is -1.09. The van der Waals surface area contributed by atoms with Gasteiger partial charge in [0.05, 0.1) is 12.4 Å². The van der Waals surface area contributed by atoms with Crippen molar-refractivity contribution in [3.05, 3.63) is 40.6 Å². The van der Waals surface area contributed by atoms with E-state index >= 15 is 0 Å². The molecular weight excluding hydrogens is 216 g/mol. The van der Waals surface area contributed by atoms with E-state index in [1.165, 1.54) is 10.4 Å². The fraction of sp³-hybridized carbons (Fsp3) is 0.462. The van der Waals surface area contributed by atoms with E-state index in [1.54, 1.807) is 0 Å². The molecule has 3 heteroatoms. The number of rotatable bonds is 2. The molecule has 1 atom stereocenters. The Labute approximate surface area is 101 Å². The Morgan fingerprint density at radius 2 is 2.12 bits per heavy atom. The van der Waals surface area contributed by atoms with Crippen molar-refractivity contribution in [3.8, 4) is 0 Å². The van der Waals surface area contributed by atoms with Gasteiger partial charge in [-0.3, -0.25) is 0 Å². The summed E-state index contributed by atoms with van der Waals surface area (Å²) >= 11 is 1.83. The van der Waals surface area contributed by atoms with Crippen molar-refractivity contribution >= 4 is 11.3 Å². The second-order valence-corrected chi connectivity index (χ2v) is 6.19. The monoisotopic (exact) mass is 234 g/mol. The third kappa shape index (κ3) is 2.05. The van der Waals surface area contributed by atoms with Crippen LogP contribution in [0.25, 0.3) is 0 Å². The van der Waals surface area contributed by atoms with Gasteiger partial charge in [-0.25, -0.2) is 4.98 Å². The highest BCUT2D eigenvalue weighted by molar-refractivity contribution is 7.10. The number of hydrogen-bond acceptors (Lipinski definition) is 2. The van der Waals surface area contributed by atoms with Crippen molar-refractivity contribution in [1.29, 1.82) is 0 Å². The smallest absolute Gasteiger partial charge is 0.0952 e. The van der Waals surface area contributed by atoms with Crippen LogP contribution in [0.1, 0.15) is 37.3 Å². The van der Waals surface area contributed by atoms with E-state index in [0.29, 0.717) is 6.04 Å². The first-order chi connectivity index (χ1) is 7.50. The highest BCUT2D eigenvalue weighted by Gasteiger charge is 2.29. The van der Waals surface area contributed by atoms with Crippen LogP contribution in [0.15, 0.2) is 30.2 Å². The zero-order chi connectivity index (χ0) is 11.8. The quantitative estimate of drug-likeness (QED) is 0.771. The standard InChI is InChI=1S/C13H18N2S/c1-10-5-8-16-11(10)12(13(2,3)4)15-7-6-14-9-15/h5-9,12H,1-4H3. The van der Waals surface area contributed by atoms with Crippen LogP contribution in [0.3, 0.4) is 0 Å². The summed E-state index contributed by atoms with van der Waals surface area (Å²) < 4.78 is 2.21. The predicted molar refractivity (Wildman–Crippen MR) is 68.9 cm³/mol. The molecule has 0 fully saturated rings. The van der Waals surface area contributed by atoms with E-state index in [1.807, 2.05) is 23.9 Å². The molecule has 0 amide bonds. The summed E-state index contributed by atoms with van der Waals surface area (Å²) in [5.41, 5.74) is 1.56. The normalized spacial score (nSPS) is 14.0. The molecule has 2 aromatic heterocycles. The molecule has 0 aromatic carbocycles. The van der Waals surface area contributed by atoms with Crippen molar-refractivity contribution in [2.75, 3.05) is 0 Å². The lowest BCUT2D eigenvalue weighted by molar-refractivity contribution is 0.286. The Morgan fingerprint density at radius 3 is 2.56 bits per heavy atom. The first-order valence-electron chi connectivity index (χ1n) is 5.51. The third-order valence-electron chi connectivity index (χ3n) is 2.79. The minimum atomic E-state index is 0.191. The van der Waals surface area contributed by atoms with Crippen molar-refractivity contribution < 1.29 is 0 Å². The van der Waals surface area contributed by atoms with E-state index < -0.39 is 0 Å². The van der Waals surface area contributed by atoms with E-state index in [2.05, 4.69) is 54.9 Å². The first kappa shape index (κ1) is 11.4. The molecule has 0 aliphatic heterocycles. The zero-order valence-corrected chi connectivity index (χ0v) is 11.1. The molecule has 0 spiro atoms. The zero-order valence-electron chi connectivity index (χ0n) is 10.3. The maximum Gasteiger partial charge on any atom is 0.0952 e. The van der Waals surface area contributed by atoms with Gasteiger partial charge in [0.1, 0.15) is 0 Å². The van der Waals surface area contributed by atoms with Crippen molar-refractivity contribution in [2.45, 2.75) is 33.7 Å². The van der Waals surface area contributed by atoms with Gasteiger partial charge < -0.3 is 4.57 Å². The largest absolute Gasteiger partial charge is 0.329 e. The van der Waals surface area contributed by atoms with Gasteiger partial charge in [-0.15, -0.1) is 11.3 Å². The van der Waals surface area contributed by atoms with Gasteiger partial charge in [0.2, 0.25) is 0 Å². The summed E-state index contributed by atoms with van der Waals surface area (Å²) in [6.07, 6.45) is 5.81. The minimum absolute atomic E-state index is 0.191. The van der Waals surface area contributed by atoms with Gasteiger partial charge in [-0.05, 0) is 29.3 Å². The van der Waals surface area contributed by atoms with Gasteiger partial charge in [0.15, 0.2) is 0 Å². The highest BCUT2D eigenvalue weighted by Crippen LogP contribution is 2.39. The number of nitrogens with zero attached hydrogens (tertiary/aromatic N) is 2. The van der Waals surface area contributed by atoms with Crippen LogP contribution in [0.4, 0.5) is 0 Å². The van der Waals surface area contributed by atoms with Crippen LogP contribution < -0.4 is 0 Å². The number of thiophene rings is 1. The van der Waals surface area contributed by atoms with Crippen LogP contribution in [0.2, 0.25) is 0 Å². The molecule has 0 N–H and O–H groups in total. The molecule has 0 aliphatic rings. The highest BCUT2D eigenvalue weighted by atomic mass is 32.1. The molecule has 0 aliphatic carbocycles. The molecule has 2 aromatic rings. The maximum absolute atomic E-state index is 4.16. The Morgan fingerprint density at radius 1 is 1.38 bits per heavy atom. The Bertz CT molecular complexity index is 448. The van der Waals surface area contributed by atoms with Crippen LogP contribution in [0.5, 0.6) is 0 Å². The van der Waals surface area contributed by atoms with E-state index in [-0.39, 0.29) is 5.41 Å².